The zero-order valence-electron chi connectivity index (χ0n) is 18.3. The normalized spacial score (nSPS) is 14.4. The molecule has 0 unspecified atom stereocenters. The number of rotatable bonds is 7. The molecule has 1 saturated heterocycles. The number of halogens is 2. The third-order valence-corrected chi connectivity index (χ3v) is 6.84. The van der Waals surface area contributed by atoms with Crippen LogP contribution in [0.3, 0.4) is 0 Å². The van der Waals surface area contributed by atoms with E-state index in [0.29, 0.717) is 37.6 Å². The zero-order valence-corrected chi connectivity index (χ0v) is 21.4. The second kappa shape index (κ2) is 11.1. The molecular formula is C25H18Cl2N2O4S2. The molecule has 0 aromatic heterocycles. The average molecular weight is 545 g/mol. The second-order valence-electron chi connectivity index (χ2n) is 7.23. The summed E-state index contributed by atoms with van der Waals surface area (Å²) in [5.41, 5.74) is 4.32. The average Bonchev–Trinajstić information content (AvgIpc) is 3.11. The van der Waals surface area contributed by atoms with Crippen molar-refractivity contribution >= 4 is 69.4 Å². The Labute approximate surface area is 221 Å². The van der Waals surface area contributed by atoms with Crippen LogP contribution in [0.15, 0.2) is 71.6 Å². The minimum Gasteiger partial charge on any atom is -0.493 e. The van der Waals surface area contributed by atoms with Gasteiger partial charge in [0.25, 0.3) is 11.8 Å². The fourth-order valence-electron chi connectivity index (χ4n) is 3.21. The van der Waals surface area contributed by atoms with Gasteiger partial charge in [0, 0.05) is 26.7 Å². The van der Waals surface area contributed by atoms with E-state index in [1.807, 2.05) is 0 Å². The van der Waals surface area contributed by atoms with Crippen LogP contribution in [0.2, 0.25) is 10.0 Å². The van der Waals surface area contributed by atoms with Crippen molar-refractivity contribution < 1.29 is 19.1 Å². The lowest BCUT2D eigenvalue weighted by atomic mass is 10.1. The molecular weight excluding hydrogens is 527 g/mol. The molecule has 1 fully saturated rings. The number of nitrogens with zero attached hydrogens (tertiary/aromatic N) is 1. The minimum atomic E-state index is -0.446. The number of thioether (sulfide) groups is 1. The molecule has 1 aliphatic rings. The van der Waals surface area contributed by atoms with E-state index < -0.39 is 11.8 Å². The van der Waals surface area contributed by atoms with Crippen LogP contribution in [0.4, 0.5) is 0 Å². The summed E-state index contributed by atoms with van der Waals surface area (Å²) in [4.78, 5) is 25.9. The van der Waals surface area contributed by atoms with Gasteiger partial charge in [-0.1, -0.05) is 71.4 Å². The number of para-hydroxylation sites is 1. The molecule has 178 valence electrons. The Bertz CT molecular complexity index is 1330. The van der Waals surface area contributed by atoms with Gasteiger partial charge < -0.3 is 9.47 Å². The van der Waals surface area contributed by atoms with Gasteiger partial charge in [-0.25, -0.2) is 0 Å². The third kappa shape index (κ3) is 5.79. The number of nitrogens with one attached hydrogen (secondary N) is 1. The summed E-state index contributed by atoms with van der Waals surface area (Å²) in [6.07, 6.45) is 1.65. The number of thiocarbonyl (C=S) groups is 1. The van der Waals surface area contributed by atoms with Crippen LogP contribution in [-0.4, -0.2) is 28.3 Å². The van der Waals surface area contributed by atoms with Gasteiger partial charge in [0.05, 0.1) is 12.0 Å². The standard InChI is InChI=1S/C25H18Cl2N2O4S2/c1-32-20-9-5-8-16(22(20)33-14-17-10-11-18(26)13-19(17)27)12-21-24(31)29(25(34)35-21)28-23(30)15-6-3-2-4-7-15/h2-13H,14H2,1H3,(H,28,30)/b21-12+. The van der Waals surface area contributed by atoms with Gasteiger partial charge in [0.2, 0.25) is 0 Å². The topological polar surface area (TPSA) is 67.9 Å². The van der Waals surface area contributed by atoms with Gasteiger partial charge in [0.15, 0.2) is 15.8 Å². The smallest absolute Gasteiger partial charge is 0.285 e. The van der Waals surface area contributed by atoms with Crippen molar-refractivity contribution in [3.05, 3.63) is 98.4 Å². The highest BCUT2D eigenvalue weighted by molar-refractivity contribution is 8.26. The number of ether oxygens (including phenoxy) is 2. The fraction of sp³-hybridized carbons (Fsp3) is 0.0800. The number of hydrazine groups is 1. The van der Waals surface area contributed by atoms with E-state index in [2.05, 4.69) is 5.43 Å². The molecule has 4 rings (SSSR count). The number of hydrogen-bond acceptors (Lipinski definition) is 6. The van der Waals surface area contributed by atoms with Crippen molar-refractivity contribution in [1.82, 2.24) is 10.4 Å². The van der Waals surface area contributed by atoms with Crippen LogP contribution in [0, 0.1) is 0 Å². The molecule has 0 atom stereocenters. The summed E-state index contributed by atoms with van der Waals surface area (Å²) in [7, 11) is 1.53. The summed E-state index contributed by atoms with van der Waals surface area (Å²) >= 11 is 18.7. The molecule has 6 nitrogen and oxygen atoms in total. The van der Waals surface area contributed by atoms with E-state index in [-0.39, 0.29) is 10.9 Å². The molecule has 10 heteroatoms. The number of carbonyl (C=O) groups is 2. The van der Waals surface area contributed by atoms with Crippen LogP contribution in [0.1, 0.15) is 21.5 Å². The van der Waals surface area contributed by atoms with E-state index in [1.165, 1.54) is 7.11 Å². The first-order valence-electron chi connectivity index (χ1n) is 10.2. The molecule has 0 bridgehead atoms. The van der Waals surface area contributed by atoms with Crippen molar-refractivity contribution in [2.45, 2.75) is 6.61 Å². The molecule has 1 aliphatic heterocycles. The summed E-state index contributed by atoms with van der Waals surface area (Å²) in [6, 6.07) is 19.0. The molecule has 0 aliphatic carbocycles. The lowest BCUT2D eigenvalue weighted by Gasteiger charge is -2.16. The molecule has 2 amide bonds. The van der Waals surface area contributed by atoms with Gasteiger partial charge >= 0.3 is 0 Å². The second-order valence-corrected chi connectivity index (χ2v) is 9.75. The maximum Gasteiger partial charge on any atom is 0.285 e. The first-order valence-corrected chi connectivity index (χ1v) is 12.2. The molecule has 3 aromatic rings. The first kappa shape index (κ1) is 25.1. The molecule has 0 spiro atoms. The lowest BCUT2D eigenvalue weighted by Crippen LogP contribution is -2.44. The number of benzene rings is 3. The van der Waals surface area contributed by atoms with Gasteiger partial charge in [-0.2, -0.15) is 5.01 Å². The molecule has 1 heterocycles. The zero-order chi connectivity index (χ0) is 24.9. The number of amides is 2. The molecule has 1 N–H and O–H groups in total. The van der Waals surface area contributed by atoms with Gasteiger partial charge in [0.1, 0.15) is 6.61 Å². The molecule has 35 heavy (non-hydrogen) atoms. The van der Waals surface area contributed by atoms with Crippen LogP contribution in [0.25, 0.3) is 6.08 Å². The Morgan fingerprint density at radius 2 is 1.89 bits per heavy atom. The highest BCUT2D eigenvalue weighted by atomic mass is 35.5. The van der Waals surface area contributed by atoms with Crippen molar-refractivity contribution in [3.8, 4) is 11.5 Å². The molecule has 0 radical (unpaired) electrons. The number of hydrogen-bond donors (Lipinski definition) is 1. The van der Waals surface area contributed by atoms with E-state index in [4.69, 9.17) is 44.9 Å². The molecule has 0 saturated carbocycles. The Morgan fingerprint density at radius 1 is 1.11 bits per heavy atom. The van der Waals surface area contributed by atoms with Gasteiger partial charge in [-0.15, -0.1) is 0 Å². The van der Waals surface area contributed by atoms with Crippen molar-refractivity contribution in [2.24, 2.45) is 0 Å². The van der Waals surface area contributed by atoms with Crippen molar-refractivity contribution in [2.75, 3.05) is 7.11 Å². The largest absolute Gasteiger partial charge is 0.493 e. The van der Waals surface area contributed by atoms with Crippen LogP contribution < -0.4 is 14.9 Å². The fourth-order valence-corrected chi connectivity index (χ4v) is 4.84. The lowest BCUT2D eigenvalue weighted by molar-refractivity contribution is -0.123. The summed E-state index contributed by atoms with van der Waals surface area (Å²) in [5, 5.41) is 2.07. The SMILES string of the molecule is COc1cccc(/C=C2/SC(=S)N(NC(=O)c3ccccc3)C2=O)c1OCc1ccc(Cl)cc1Cl. The van der Waals surface area contributed by atoms with E-state index in [0.717, 1.165) is 22.3 Å². The predicted octanol–water partition coefficient (Wildman–Crippen LogP) is 6.13. The van der Waals surface area contributed by atoms with Crippen molar-refractivity contribution in [1.29, 1.82) is 0 Å². The Balaban J connectivity index is 1.57. The van der Waals surface area contributed by atoms with Gasteiger partial charge in [-0.3, -0.25) is 15.0 Å². The minimum absolute atomic E-state index is 0.158. The molecule has 3 aromatic carbocycles. The summed E-state index contributed by atoms with van der Waals surface area (Å²) in [6.45, 7) is 0.158. The Morgan fingerprint density at radius 3 is 2.60 bits per heavy atom. The number of carbonyl (C=O) groups excluding carboxylic acids is 2. The highest BCUT2D eigenvalue weighted by Crippen LogP contribution is 2.38. The monoisotopic (exact) mass is 544 g/mol. The predicted molar refractivity (Wildman–Crippen MR) is 143 cm³/mol. The van der Waals surface area contributed by atoms with E-state index in [1.54, 1.807) is 72.8 Å². The summed E-state index contributed by atoms with van der Waals surface area (Å²) in [5.74, 6) is 0.0310. The maximum absolute atomic E-state index is 13.0. The number of methoxy groups -OCH3 is 1. The third-order valence-electron chi connectivity index (χ3n) is 4.95. The van der Waals surface area contributed by atoms with E-state index in [9.17, 15) is 9.59 Å². The van der Waals surface area contributed by atoms with Crippen LogP contribution >= 0.6 is 47.2 Å². The Kier molecular flexibility index (Phi) is 7.97. The van der Waals surface area contributed by atoms with Crippen LogP contribution in [-0.2, 0) is 11.4 Å². The Hall–Kier alpha value is -3.04. The highest BCUT2D eigenvalue weighted by Gasteiger charge is 2.34. The first-order chi connectivity index (χ1) is 16.9. The van der Waals surface area contributed by atoms with Crippen molar-refractivity contribution in [3.63, 3.8) is 0 Å². The van der Waals surface area contributed by atoms with Crippen LogP contribution in [0.5, 0.6) is 11.5 Å². The quantitative estimate of drug-likeness (QED) is 0.285. The van der Waals surface area contributed by atoms with E-state index >= 15 is 0 Å². The van der Waals surface area contributed by atoms with Gasteiger partial charge in [-0.05, 0) is 48.6 Å². The maximum atomic E-state index is 13.0. The summed E-state index contributed by atoms with van der Waals surface area (Å²) < 4.78 is 11.7.